The minimum Gasteiger partial charge on any atom is -0.346 e. The van der Waals surface area contributed by atoms with Crippen molar-refractivity contribution in [1.29, 1.82) is 0 Å². The van der Waals surface area contributed by atoms with E-state index in [1.807, 2.05) is 0 Å². The minimum absolute atomic E-state index is 0.0242. The molecule has 1 rings (SSSR count). The van der Waals surface area contributed by atoms with Crippen molar-refractivity contribution in [3.05, 3.63) is 29.6 Å². The fraction of sp³-hybridized carbons (Fsp3) is 0.400. The van der Waals surface area contributed by atoms with Gasteiger partial charge in [0.1, 0.15) is 0 Å². The van der Waals surface area contributed by atoms with Gasteiger partial charge in [0.25, 0.3) is 5.91 Å². The number of nitrogens with zero attached hydrogens (tertiary/aromatic N) is 1. The molecular weight excluding hydrogens is 216 g/mol. The number of carbonyl (C=O) groups excluding carboxylic acids is 1. The van der Waals surface area contributed by atoms with Crippen molar-refractivity contribution in [1.82, 2.24) is 15.5 Å². The Balaban J connectivity index is 2.66. The van der Waals surface area contributed by atoms with Crippen LogP contribution in [-0.4, -0.2) is 22.0 Å². The van der Waals surface area contributed by atoms with E-state index in [4.69, 9.17) is 0 Å². The molecule has 1 amide bonds. The lowest BCUT2D eigenvalue weighted by atomic mass is 10.2. The average Bonchev–Trinajstić information content (AvgIpc) is 2.55. The molecule has 0 aromatic carbocycles. The van der Waals surface area contributed by atoms with Crippen LogP contribution in [0, 0.1) is 13.8 Å². The fourth-order valence-electron chi connectivity index (χ4n) is 1.21. The van der Waals surface area contributed by atoms with Crippen LogP contribution in [0.2, 0.25) is 0 Å². The predicted molar refractivity (Wildman–Crippen MR) is 55.1 cm³/mol. The van der Waals surface area contributed by atoms with Crippen molar-refractivity contribution < 1.29 is 13.6 Å². The first kappa shape index (κ1) is 12.4. The van der Waals surface area contributed by atoms with Gasteiger partial charge in [0.15, 0.2) is 0 Å². The Kier molecular flexibility index (Phi) is 3.41. The van der Waals surface area contributed by atoms with Crippen molar-refractivity contribution >= 4 is 5.91 Å². The molecule has 0 aliphatic heterocycles. The second-order valence-corrected chi connectivity index (χ2v) is 3.42. The normalized spacial score (nSPS) is 11.2. The lowest BCUT2D eigenvalue weighted by molar-refractivity contribution is -0.139. The summed E-state index contributed by atoms with van der Waals surface area (Å²) < 4.78 is 25.6. The van der Waals surface area contributed by atoms with Crippen molar-refractivity contribution in [2.45, 2.75) is 26.3 Å². The molecule has 1 aromatic heterocycles. The highest BCUT2D eigenvalue weighted by molar-refractivity contribution is 5.85. The third-order valence-electron chi connectivity index (χ3n) is 2.27. The third kappa shape index (κ3) is 2.44. The molecule has 0 bridgehead atoms. The van der Waals surface area contributed by atoms with Crippen LogP contribution in [-0.2, 0) is 11.3 Å². The zero-order valence-electron chi connectivity index (χ0n) is 9.10. The Labute approximate surface area is 91.7 Å². The lowest BCUT2D eigenvalue weighted by Crippen LogP contribution is -2.38. The highest BCUT2D eigenvalue weighted by atomic mass is 19.3. The van der Waals surface area contributed by atoms with Gasteiger partial charge in [-0.3, -0.25) is 9.89 Å². The van der Waals surface area contributed by atoms with Crippen LogP contribution < -0.4 is 5.32 Å². The van der Waals surface area contributed by atoms with Crippen LogP contribution in [0.25, 0.3) is 0 Å². The number of carbonyl (C=O) groups is 1. The number of aromatic nitrogens is 2. The summed E-state index contributed by atoms with van der Waals surface area (Å²) >= 11 is 0. The number of halogens is 2. The van der Waals surface area contributed by atoms with Gasteiger partial charge in [0.2, 0.25) is 0 Å². The molecule has 0 saturated heterocycles. The molecule has 1 heterocycles. The molecule has 0 unspecified atom stereocenters. The molecular formula is C10H13F2N3O. The van der Waals surface area contributed by atoms with Crippen molar-refractivity contribution in [2.24, 2.45) is 0 Å². The minimum atomic E-state index is -3.54. The Morgan fingerprint density at radius 3 is 2.69 bits per heavy atom. The van der Waals surface area contributed by atoms with Gasteiger partial charge >= 0.3 is 5.92 Å². The standard InChI is InChI=1S/C10H13F2N3O/c1-4-10(11,12)9(16)13-5-8-6(2)14-15-7(8)3/h4H,1,5H2,2-3H3,(H,13,16)(H,14,15). The van der Waals surface area contributed by atoms with Gasteiger partial charge in [0, 0.05) is 17.8 Å². The van der Waals surface area contributed by atoms with E-state index in [-0.39, 0.29) is 6.54 Å². The van der Waals surface area contributed by atoms with E-state index < -0.39 is 11.8 Å². The van der Waals surface area contributed by atoms with Crippen LogP contribution in [0.5, 0.6) is 0 Å². The summed E-state index contributed by atoms with van der Waals surface area (Å²) in [6, 6.07) is 0. The van der Waals surface area contributed by atoms with Crippen LogP contribution in [0.1, 0.15) is 17.0 Å². The topological polar surface area (TPSA) is 57.8 Å². The summed E-state index contributed by atoms with van der Waals surface area (Å²) in [4.78, 5) is 11.1. The van der Waals surface area contributed by atoms with Crippen LogP contribution in [0.15, 0.2) is 12.7 Å². The number of nitrogens with one attached hydrogen (secondary N) is 2. The molecule has 1 aromatic rings. The molecule has 0 aliphatic rings. The number of rotatable bonds is 4. The third-order valence-corrected chi connectivity index (χ3v) is 2.27. The highest BCUT2D eigenvalue weighted by Gasteiger charge is 2.34. The highest BCUT2D eigenvalue weighted by Crippen LogP contribution is 2.15. The van der Waals surface area contributed by atoms with Gasteiger partial charge in [-0.15, -0.1) is 0 Å². The molecule has 4 nitrogen and oxygen atoms in total. The van der Waals surface area contributed by atoms with Crippen molar-refractivity contribution in [2.75, 3.05) is 0 Å². The molecule has 0 spiro atoms. The largest absolute Gasteiger partial charge is 0.346 e. The molecule has 6 heteroatoms. The fourth-order valence-corrected chi connectivity index (χ4v) is 1.21. The van der Waals surface area contributed by atoms with Gasteiger partial charge in [0.05, 0.1) is 5.69 Å². The zero-order chi connectivity index (χ0) is 12.3. The number of hydrogen-bond acceptors (Lipinski definition) is 2. The molecule has 0 atom stereocenters. The number of amides is 1. The summed E-state index contributed by atoms with van der Waals surface area (Å²) in [7, 11) is 0. The lowest BCUT2D eigenvalue weighted by Gasteiger charge is -2.11. The van der Waals surface area contributed by atoms with E-state index >= 15 is 0 Å². The summed E-state index contributed by atoms with van der Waals surface area (Å²) in [6.07, 6.45) is 0.317. The monoisotopic (exact) mass is 229 g/mol. The molecule has 88 valence electrons. The van der Waals surface area contributed by atoms with E-state index in [0.29, 0.717) is 17.3 Å². The summed E-state index contributed by atoms with van der Waals surface area (Å²) in [5, 5.41) is 8.73. The second-order valence-electron chi connectivity index (χ2n) is 3.42. The van der Waals surface area contributed by atoms with E-state index in [9.17, 15) is 13.6 Å². The van der Waals surface area contributed by atoms with Gasteiger partial charge in [-0.05, 0) is 19.9 Å². The van der Waals surface area contributed by atoms with Gasteiger partial charge in [-0.25, -0.2) is 0 Å². The molecule has 0 fully saturated rings. The van der Waals surface area contributed by atoms with E-state index in [0.717, 1.165) is 5.69 Å². The smallest absolute Gasteiger partial charge is 0.342 e. The summed E-state index contributed by atoms with van der Waals surface area (Å²) in [6.45, 7) is 6.42. The number of alkyl halides is 2. The van der Waals surface area contributed by atoms with Crippen LogP contribution in [0.4, 0.5) is 8.78 Å². The van der Waals surface area contributed by atoms with Crippen molar-refractivity contribution in [3.8, 4) is 0 Å². The first-order chi connectivity index (χ1) is 7.38. The number of aromatic amines is 1. The SMILES string of the molecule is C=CC(F)(F)C(=O)NCc1c(C)n[nH]c1C. The Bertz CT molecular complexity index is 393. The van der Waals surface area contributed by atoms with E-state index in [1.165, 1.54) is 0 Å². The Morgan fingerprint density at radius 2 is 2.25 bits per heavy atom. The van der Waals surface area contributed by atoms with Gasteiger partial charge in [-0.2, -0.15) is 13.9 Å². The molecule has 2 N–H and O–H groups in total. The predicted octanol–water partition coefficient (Wildman–Crippen LogP) is 1.46. The number of H-pyrrole nitrogens is 1. The zero-order valence-corrected chi connectivity index (χ0v) is 9.10. The quantitative estimate of drug-likeness (QED) is 0.768. The maximum Gasteiger partial charge on any atom is 0.342 e. The van der Waals surface area contributed by atoms with Crippen LogP contribution >= 0.6 is 0 Å². The Hall–Kier alpha value is -1.72. The number of aryl methyl sites for hydroxylation is 2. The van der Waals surface area contributed by atoms with Crippen LogP contribution in [0.3, 0.4) is 0 Å². The summed E-state index contributed by atoms with van der Waals surface area (Å²) in [5.41, 5.74) is 2.15. The molecule has 16 heavy (non-hydrogen) atoms. The van der Waals surface area contributed by atoms with Gasteiger partial charge < -0.3 is 5.32 Å². The molecule has 0 aliphatic carbocycles. The first-order valence-electron chi connectivity index (χ1n) is 4.68. The van der Waals surface area contributed by atoms with E-state index in [2.05, 4.69) is 22.1 Å². The Morgan fingerprint density at radius 1 is 1.62 bits per heavy atom. The summed E-state index contributed by atoms with van der Waals surface area (Å²) in [5.74, 6) is -4.89. The maximum absolute atomic E-state index is 12.8. The van der Waals surface area contributed by atoms with E-state index in [1.54, 1.807) is 13.8 Å². The maximum atomic E-state index is 12.8. The molecule has 0 radical (unpaired) electrons. The molecule has 0 saturated carbocycles. The second kappa shape index (κ2) is 4.42. The van der Waals surface area contributed by atoms with Gasteiger partial charge in [-0.1, -0.05) is 6.58 Å². The number of hydrogen-bond donors (Lipinski definition) is 2. The van der Waals surface area contributed by atoms with Crippen molar-refractivity contribution in [3.63, 3.8) is 0 Å². The first-order valence-corrected chi connectivity index (χ1v) is 4.68. The average molecular weight is 229 g/mol.